The highest BCUT2D eigenvalue weighted by molar-refractivity contribution is 5.71. The molecule has 0 bridgehead atoms. The van der Waals surface area contributed by atoms with Crippen LogP contribution in [0.3, 0.4) is 0 Å². The van der Waals surface area contributed by atoms with Crippen molar-refractivity contribution in [3.05, 3.63) is 72.9 Å². The van der Waals surface area contributed by atoms with E-state index in [4.69, 9.17) is 18.9 Å². The first-order chi connectivity index (χ1) is 46.6. The van der Waals surface area contributed by atoms with Crippen molar-refractivity contribution in [2.75, 3.05) is 47.5 Å². The van der Waals surface area contributed by atoms with E-state index >= 15 is 0 Å². The quantitative estimate of drug-likeness (QED) is 0.0211. The first-order valence-electron chi connectivity index (χ1n) is 41.1. The number of carbonyl (C=O) groups excluding carboxylic acids is 2. The molecule has 0 amide bonds. The van der Waals surface area contributed by atoms with Gasteiger partial charge in [0.05, 0.1) is 34.4 Å². The van der Waals surface area contributed by atoms with Crippen LogP contribution in [-0.2, 0) is 33.3 Å². The van der Waals surface area contributed by atoms with Gasteiger partial charge < -0.3 is 28.5 Å². The number of carboxylic acid groups (broad SMARTS) is 1. The third-order valence-corrected chi connectivity index (χ3v) is 18.5. The van der Waals surface area contributed by atoms with Crippen molar-refractivity contribution in [2.45, 2.75) is 411 Å². The normalized spacial score (nSPS) is 13.0. The Morgan fingerprint density at radius 1 is 0.326 bits per heavy atom. The molecule has 2 atom stereocenters. The topological polar surface area (TPSA) is 108 Å². The van der Waals surface area contributed by atoms with Crippen molar-refractivity contribution < 1.29 is 42.9 Å². The number of nitrogens with zero attached hydrogens (tertiary/aromatic N) is 1. The summed E-state index contributed by atoms with van der Waals surface area (Å²) in [6.07, 6.45) is 101. The SMILES string of the molecule is CC/C=C\C/C=C\C/C=C\C/C=C\C/C=C\C/C=C\CCCCCCCCCCCCCCC(=O)OC(COC(=O)CCCCCCCCCCCCCCCCCCCCCCCCCCCCCCCCCCCCCCCCC)COC(OCC[N+](C)(C)C)C(=O)O. The van der Waals surface area contributed by atoms with Gasteiger partial charge >= 0.3 is 17.9 Å². The lowest BCUT2D eigenvalue weighted by molar-refractivity contribution is -0.870. The maximum atomic E-state index is 13.0. The Hall–Kier alpha value is -3.27. The Kier molecular flexibility index (Phi) is 73.9. The number of allylic oxidation sites excluding steroid dienone is 12. The monoisotopic (exact) mass is 1330 g/mol. The number of rotatable bonds is 77. The molecule has 0 aromatic carbocycles. The minimum absolute atomic E-state index is 0.181. The van der Waals surface area contributed by atoms with E-state index < -0.39 is 24.3 Å². The number of esters is 2. The van der Waals surface area contributed by atoms with Gasteiger partial charge in [-0.25, -0.2) is 4.79 Å². The Bertz CT molecular complexity index is 1790. The van der Waals surface area contributed by atoms with Crippen molar-refractivity contribution in [2.24, 2.45) is 0 Å². The lowest BCUT2D eigenvalue weighted by Gasteiger charge is -2.25. The highest BCUT2D eigenvalue weighted by Gasteiger charge is 2.25. The molecule has 1 N–H and O–H groups in total. The maximum Gasteiger partial charge on any atom is 0.361 e. The maximum absolute atomic E-state index is 13.0. The number of aliphatic carboxylic acids is 1. The molecular formula is C86H158NO8+. The third-order valence-electron chi connectivity index (χ3n) is 18.5. The number of unbranched alkanes of at least 4 members (excludes halogenated alkanes) is 50. The van der Waals surface area contributed by atoms with Gasteiger partial charge in [-0.15, -0.1) is 0 Å². The smallest absolute Gasteiger partial charge is 0.361 e. The third kappa shape index (κ3) is 77.9. The average molecular weight is 1330 g/mol. The number of carboxylic acids is 1. The van der Waals surface area contributed by atoms with E-state index in [0.717, 1.165) is 83.5 Å². The second-order valence-electron chi connectivity index (χ2n) is 29.1. The lowest BCUT2D eigenvalue weighted by atomic mass is 10.0. The molecule has 0 aliphatic carbocycles. The molecule has 0 aliphatic heterocycles. The first kappa shape index (κ1) is 91.7. The molecule has 0 radical (unpaired) electrons. The van der Waals surface area contributed by atoms with Crippen LogP contribution in [0.1, 0.15) is 399 Å². The summed E-state index contributed by atoms with van der Waals surface area (Å²) in [5, 5.41) is 9.78. The first-order valence-corrected chi connectivity index (χ1v) is 41.1. The molecule has 0 aromatic rings. The minimum Gasteiger partial charge on any atom is -0.477 e. The van der Waals surface area contributed by atoms with Crippen molar-refractivity contribution in [3.63, 3.8) is 0 Å². The fourth-order valence-corrected chi connectivity index (χ4v) is 12.3. The van der Waals surface area contributed by atoms with E-state index in [-0.39, 0.29) is 32.2 Å². The Balaban J connectivity index is 3.96. The molecule has 0 saturated heterocycles. The van der Waals surface area contributed by atoms with Gasteiger partial charge in [0.25, 0.3) is 6.29 Å². The summed E-state index contributed by atoms with van der Waals surface area (Å²) in [4.78, 5) is 37.7. The van der Waals surface area contributed by atoms with Crippen molar-refractivity contribution in [1.82, 2.24) is 0 Å². The summed E-state index contributed by atoms with van der Waals surface area (Å²) in [6.45, 7) is 4.82. The fourth-order valence-electron chi connectivity index (χ4n) is 12.3. The highest BCUT2D eigenvalue weighted by Crippen LogP contribution is 2.20. The van der Waals surface area contributed by atoms with Crippen LogP contribution in [-0.4, -0.2) is 87.4 Å². The lowest BCUT2D eigenvalue weighted by Crippen LogP contribution is -2.40. The van der Waals surface area contributed by atoms with E-state index in [9.17, 15) is 19.5 Å². The predicted octanol–water partition coefficient (Wildman–Crippen LogP) is 26.4. The summed E-state index contributed by atoms with van der Waals surface area (Å²) in [6, 6.07) is 0. The summed E-state index contributed by atoms with van der Waals surface area (Å²) < 4.78 is 23.1. The van der Waals surface area contributed by atoms with Gasteiger partial charge in [-0.1, -0.05) is 395 Å². The standard InChI is InChI=1S/C86H157NO8/c1-6-8-10-12-14-16-18-20-22-24-26-28-30-32-34-36-38-39-40-41-42-43-44-45-47-48-50-52-54-56-58-60-62-64-66-68-70-72-74-76-83(88)93-80-82(81-94-86(85(90)91)92-79-78-87(3,4)5)95-84(89)77-75-73-71-69-67-65-63-61-59-57-55-53-51-49-46-37-35-33-31-29-27-25-23-21-19-17-15-13-11-9-7-2/h9,11,15,17,21,23,27,29,33,35,46,49,82,86H,6-8,10,12-14,16,18-20,22,24-26,28,30-32,34,36-45,47-48,50-81H2,1-5H3/p+1/b11-9-,17-15-,23-21-,29-27-,35-33-,49-46-. The van der Waals surface area contributed by atoms with Crippen LogP contribution in [0.5, 0.6) is 0 Å². The zero-order valence-electron chi connectivity index (χ0n) is 63.6. The molecule has 95 heavy (non-hydrogen) atoms. The molecule has 2 unspecified atom stereocenters. The number of likely N-dealkylation sites (N-methyl/N-ethyl adjacent to an activating group) is 1. The molecule has 9 heteroatoms. The molecule has 0 saturated carbocycles. The molecule has 0 fully saturated rings. The van der Waals surface area contributed by atoms with Crippen LogP contribution in [0, 0.1) is 0 Å². The van der Waals surface area contributed by atoms with Crippen LogP contribution in [0.4, 0.5) is 0 Å². The van der Waals surface area contributed by atoms with Crippen LogP contribution in [0.2, 0.25) is 0 Å². The zero-order chi connectivity index (χ0) is 69.0. The number of hydrogen-bond acceptors (Lipinski definition) is 7. The molecule has 0 aromatic heterocycles. The number of ether oxygens (including phenoxy) is 4. The molecule has 0 spiro atoms. The molecule has 0 aliphatic rings. The summed E-state index contributed by atoms with van der Waals surface area (Å²) >= 11 is 0. The average Bonchev–Trinajstić information content (AvgIpc) is 3.24. The minimum atomic E-state index is -1.51. The Labute approximate surface area is 589 Å². The molecule has 9 nitrogen and oxygen atoms in total. The van der Waals surface area contributed by atoms with Crippen LogP contribution >= 0.6 is 0 Å². The van der Waals surface area contributed by atoms with Crippen LogP contribution < -0.4 is 0 Å². The van der Waals surface area contributed by atoms with Gasteiger partial charge in [0.2, 0.25) is 0 Å². The summed E-state index contributed by atoms with van der Waals surface area (Å²) in [7, 11) is 5.99. The van der Waals surface area contributed by atoms with Crippen LogP contribution in [0.15, 0.2) is 72.9 Å². The van der Waals surface area contributed by atoms with E-state index in [1.165, 1.54) is 289 Å². The van der Waals surface area contributed by atoms with Crippen molar-refractivity contribution >= 4 is 17.9 Å². The molecule has 554 valence electrons. The van der Waals surface area contributed by atoms with Crippen molar-refractivity contribution in [3.8, 4) is 0 Å². The number of quaternary nitrogens is 1. The van der Waals surface area contributed by atoms with E-state index in [2.05, 4.69) is 86.8 Å². The molecular weight excluding hydrogens is 1170 g/mol. The number of hydrogen-bond donors (Lipinski definition) is 1. The Morgan fingerprint density at radius 2 is 0.600 bits per heavy atom. The molecule has 0 rings (SSSR count). The molecule has 0 heterocycles. The fraction of sp³-hybridized carbons (Fsp3) is 0.826. The van der Waals surface area contributed by atoms with Crippen LogP contribution in [0.25, 0.3) is 0 Å². The van der Waals surface area contributed by atoms with E-state index in [0.29, 0.717) is 17.4 Å². The number of carbonyl (C=O) groups is 3. The summed E-state index contributed by atoms with van der Waals surface area (Å²) in [5.74, 6) is -1.99. The van der Waals surface area contributed by atoms with Gasteiger partial charge in [-0.3, -0.25) is 9.59 Å². The largest absolute Gasteiger partial charge is 0.477 e. The van der Waals surface area contributed by atoms with Gasteiger partial charge in [-0.2, -0.15) is 0 Å². The van der Waals surface area contributed by atoms with Crippen molar-refractivity contribution in [1.29, 1.82) is 0 Å². The zero-order valence-corrected chi connectivity index (χ0v) is 63.6. The van der Waals surface area contributed by atoms with Gasteiger partial charge in [-0.05, 0) is 64.2 Å². The van der Waals surface area contributed by atoms with Gasteiger partial charge in [0.1, 0.15) is 13.2 Å². The van der Waals surface area contributed by atoms with Gasteiger partial charge in [0, 0.05) is 12.8 Å². The summed E-state index contributed by atoms with van der Waals surface area (Å²) in [5.41, 5.74) is 0. The van der Waals surface area contributed by atoms with E-state index in [1.54, 1.807) is 0 Å². The second-order valence-corrected chi connectivity index (χ2v) is 29.1. The predicted molar refractivity (Wildman–Crippen MR) is 410 cm³/mol. The van der Waals surface area contributed by atoms with E-state index in [1.807, 2.05) is 21.1 Å². The Morgan fingerprint density at radius 3 is 0.895 bits per heavy atom. The second kappa shape index (κ2) is 76.5. The van der Waals surface area contributed by atoms with Gasteiger partial charge in [0.15, 0.2) is 6.10 Å². The highest BCUT2D eigenvalue weighted by atomic mass is 16.7.